The van der Waals surface area contributed by atoms with Gasteiger partial charge in [0.1, 0.15) is 0 Å². The quantitative estimate of drug-likeness (QED) is 0.905. The molecule has 1 fully saturated rings. The Labute approximate surface area is 124 Å². The van der Waals surface area contributed by atoms with E-state index < -0.39 is 0 Å². The number of nitrogens with zero attached hydrogens (tertiary/aromatic N) is 1. The summed E-state index contributed by atoms with van der Waals surface area (Å²) in [7, 11) is 4.60. The molecule has 1 aliphatic rings. The third-order valence-corrected chi connectivity index (χ3v) is 3.74. The topological polar surface area (TPSA) is 74.0 Å². The van der Waals surface area contributed by atoms with Crippen molar-refractivity contribution >= 4 is 5.91 Å². The van der Waals surface area contributed by atoms with Crippen molar-refractivity contribution < 1.29 is 19.0 Å². The zero-order chi connectivity index (χ0) is 15.4. The summed E-state index contributed by atoms with van der Waals surface area (Å²) in [6.45, 7) is 1.35. The van der Waals surface area contributed by atoms with Crippen molar-refractivity contribution in [3.63, 3.8) is 0 Å². The summed E-state index contributed by atoms with van der Waals surface area (Å²) in [5, 5.41) is 0. The van der Waals surface area contributed by atoms with Gasteiger partial charge in [-0.15, -0.1) is 0 Å². The minimum Gasteiger partial charge on any atom is -0.493 e. The van der Waals surface area contributed by atoms with E-state index in [1.165, 1.54) is 21.3 Å². The van der Waals surface area contributed by atoms with Crippen LogP contribution in [-0.2, 0) is 0 Å². The fourth-order valence-electron chi connectivity index (χ4n) is 2.49. The molecule has 1 saturated heterocycles. The first-order valence-corrected chi connectivity index (χ1v) is 6.95. The minimum atomic E-state index is -0.0406. The lowest BCUT2D eigenvalue weighted by Crippen LogP contribution is -2.42. The molecule has 21 heavy (non-hydrogen) atoms. The molecule has 2 N–H and O–H groups in total. The molecule has 1 amide bonds. The summed E-state index contributed by atoms with van der Waals surface area (Å²) < 4.78 is 15.8. The Bertz CT molecular complexity index is 485. The number of carbonyl (C=O) groups excluding carboxylic acids is 1. The summed E-state index contributed by atoms with van der Waals surface area (Å²) in [5.41, 5.74) is 6.40. The second-order valence-corrected chi connectivity index (χ2v) is 5.04. The molecule has 0 radical (unpaired) electrons. The van der Waals surface area contributed by atoms with Crippen LogP contribution in [0.5, 0.6) is 17.2 Å². The normalized spacial score (nSPS) is 15.7. The van der Waals surface area contributed by atoms with Crippen LogP contribution in [0.3, 0.4) is 0 Å². The summed E-state index contributed by atoms with van der Waals surface area (Å²) in [5.74, 6) is 1.40. The van der Waals surface area contributed by atoms with E-state index in [1.54, 1.807) is 12.1 Å². The maximum atomic E-state index is 12.6. The van der Waals surface area contributed by atoms with Gasteiger partial charge in [-0.2, -0.15) is 0 Å². The van der Waals surface area contributed by atoms with Gasteiger partial charge in [0.05, 0.1) is 21.3 Å². The first-order chi connectivity index (χ1) is 10.1. The molecule has 6 nitrogen and oxygen atoms in total. The fourth-order valence-corrected chi connectivity index (χ4v) is 2.49. The van der Waals surface area contributed by atoms with Gasteiger partial charge in [-0.05, 0) is 25.0 Å². The molecule has 1 aromatic rings. The predicted molar refractivity (Wildman–Crippen MR) is 79.2 cm³/mol. The fraction of sp³-hybridized carbons (Fsp3) is 0.533. The van der Waals surface area contributed by atoms with Gasteiger partial charge >= 0.3 is 0 Å². The van der Waals surface area contributed by atoms with Crippen LogP contribution in [0.1, 0.15) is 23.2 Å². The maximum Gasteiger partial charge on any atom is 0.254 e. The number of amides is 1. The smallest absolute Gasteiger partial charge is 0.254 e. The SMILES string of the molecule is COc1cc(C(=O)N2CCC(N)CC2)cc(OC)c1OC. The van der Waals surface area contributed by atoms with Gasteiger partial charge in [-0.3, -0.25) is 4.79 Å². The Morgan fingerprint density at radius 2 is 1.62 bits per heavy atom. The zero-order valence-electron chi connectivity index (χ0n) is 12.7. The van der Waals surface area contributed by atoms with Crippen LogP contribution in [0.15, 0.2) is 12.1 Å². The van der Waals surface area contributed by atoms with Crippen molar-refractivity contribution in [1.29, 1.82) is 0 Å². The van der Waals surface area contributed by atoms with Crippen LogP contribution in [0.25, 0.3) is 0 Å². The molecule has 0 saturated carbocycles. The number of hydrogen-bond donors (Lipinski definition) is 1. The molecule has 1 heterocycles. The number of hydrogen-bond acceptors (Lipinski definition) is 5. The van der Waals surface area contributed by atoms with Crippen molar-refractivity contribution in [2.24, 2.45) is 5.73 Å². The van der Waals surface area contributed by atoms with Crippen LogP contribution in [-0.4, -0.2) is 51.3 Å². The van der Waals surface area contributed by atoms with Gasteiger partial charge in [0, 0.05) is 24.7 Å². The number of nitrogens with two attached hydrogens (primary N) is 1. The van der Waals surface area contributed by atoms with E-state index in [-0.39, 0.29) is 11.9 Å². The molecule has 0 spiro atoms. The van der Waals surface area contributed by atoms with Gasteiger partial charge in [0.25, 0.3) is 5.91 Å². The van der Waals surface area contributed by atoms with Crippen molar-refractivity contribution in [2.75, 3.05) is 34.4 Å². The van der Waals surface area contributed by atoms with Crippen molar-refractivity contribution in [3.05, 3.63) is 17.7 Å². The molecule has 0 unspecified atom stereocenters. The van der Waals surface area contributed by atoms with Crippen molar-refractivity contribution in [3.8, 4) is 17.2 Å². The monoisotopic (exact) mass is 294 g/mol. The summed E-state index contributed by atoms with van der Waals surface area (Å²) in [6.07, 6.45) is 1.66. The van der Waals surface area contributed by atoms with E-state index in [0.717, 1.165) is 12.8 Å². The number of carbonyl (C=O) groups is 1. The molecule has 0 aliphatic carbocycles. The van der Waals surface area contributed by atoms with E-state index in [2.05, 4.69) is 0 Å². The summed E-state index contributed by atoms with van der Waals surface area (Å²) in [6, 6.07) is 3.55. The molecule has 116 valence electrons. The van der Waals surface area contributed by atoms with Crippen LogP contribution in [0.4, 0.5) is 0 Å². The highest BCUT2D eigenvalue weighted by Crippen LogP contribution is 2.38. The number of likely N-dealkylation sites (tertiary alicyclic amines) is 1. The molecular weight excluding hydrogens is 272 g/mol. The largest absolute Gasteiger partial charge is 0.493 e. The Hall–Kier alpha value is -1.95. The highest BCUT2D eigenvalue weighted by atomic mass is 16.5. The number of ether oxygens (including phenoxy) is 3. The average Bonchev–Trinajstić information content (AvgIpc) is 2.53. The van der Waals surface area contributed by atoms with Crippen LogP contribution >= 0.6 is 0 Å². The lowest BCUT2D eigenvalue weighted by molar-refractivity contribution is 0.0714. The second kappa shape index (κ2) is 6.67. The highest BCUT2D eigenvalue weighted by Gasteiger charge is 2.24. The standard InChI is InChI=1S/C15H22N2O4/c1-19-12-8-10(9-13(20-2)14(12)21-3)15(18)17-6-4-11(16)5-7-17/h8-9,11H,4-7,16H2,1-3H3. The summed E-state index contributed by atoms with van der Waals surface area (Å²) >= 11 is 0. The Kier molecular flexibility index (Phi) is 4.90. The Morgan fingerprint density at radius 3 is 2.05 bits per heavy atom. The minimum absolute atomic E-state index is 0.0406. The molecule has 0 bridgehead atoms. The second-order valence-electron chi connectivity index (χ2n) is 5.04. The molecule has 1 aliphatic heterocycles. The van der Waals surface area contributed by atoms with E-state index in [4.69, 9.17) is 19.9 Å². The Morgan fingerprint density at radius 1 is 1.10 bits per heavy atom. The maximum absolute atomic E-state index is 12.6. The van der Waals surface area contributed by atoms with Gasteiger partial charge < -0.3 is 24.8 Å². The average molecular weight is 294 g/mol. The number of piperidine rings is 1. The van der Waals surface area contributed by atoms with Crippen molar-refractivity contribution in [1.82, 2.24) is 4.90 Å². The van der Waals surface area contributed by atoms with E-state index >= 15 is 0 Å². The molecular formula is C15H22N2O4. The lowest BCUT2D eigenvalue weighted by Gasteiger charge is -2.30. The number of methoxy groups -OCH3 is 3. The molecule has 0 aromatic heterocycles. The van der Waals surface area contributed by atoms with Crippen LogP contribution in [0, 0.1) is 0 Å². The predicted octanol–water partition coefficient (Wildman–Crippen LogP) is 1.28. The van der Waals surface area contributed by atoms with E-state index in [0.29, 0.717) is 35.9 Å². The van der Waals surface area contributed by atoms with Crippen molar-refractivity contribution in [2.45, 2.75) is 18.9 Å². The van der Waals surface area contributed by atoms with Gasteiger partial charge in [-0.25, -0.2) is 0 Å². The van der Waals surface area contributed by atoms with E-state index in [9.17, 15) is 4.79 Å². The van der Waals surface area contributed by atoms with E-state index in [1.807, 2.05) is 4.90 Å². The molecule has 1 aromatic carbocycles. The highest BCUT2D eigenvalue weighted by molar-refractivity contribution is 5.95. The Balaban J connectivity index is 2.28. The molecule has 6 heteroatoms. The first kappa shape index (κ1) is 15.4. The molecule has 0 atom stereocenters. The molecule has 2 rings (SSSR count). The number of rotatable bonds is 4. The zero-order valence-corrected chi connectivity index (χ0v) is 12.7. The third kappa shape index (κ3) is 3.21. The van der Waals surface area contributed by atoms with Crippen LogP contribution in [0.2, 0.25) is 0 Å². The van der Waals surface area contributed by atoms with Gasteiger partial charge in [0.2, 0.25) is 5.75 Å². The lowest BCUT2D eigenvalue weighted by atomic mass is 10.0. The number of benzene rings is 1. The van der Waals surface area contributed by atoms with Gasteiger partial charge in [-0.1, -0.05) is 0 Å². The van der Waals surface area contributed by atoms with Crippen LogP contribution < -0.4 is 19.9 Å². The van der Waals surface area contributed by atoms with Gasteiger partial charge in [0.15, 0.2) is 11.5 Å². The summed E-state index contributed by atoms with van der Waals surface area (Å²) in [4.78, 5) is 14.4. The third-order valence-electron chi connectivity index (χ3n) is 3.74. The first-order valence-electron chi connectivity index (χ1n) is 6.95.